The lowest BCUT2D eigenvalue weighted by Crippen LogP contribution is -1.96. The molecule has 3 nitrogen and oxygen atoms in total. The van der Waals surface area contributed by atoms with Gasteiger partial charge in [-0.2, -0.15) is 0 Å². The van der Waals surface area contributed by atoms with Crippen LogP contribution in [0.15, 0.2) is 29.4 Å². The van der Waals surface area contributed by atoms with E-state index in [0.717, 1.165) is 11.1 Å². The second-order valence-corrected chi connectivity index (χ2v) is 3.06. The van der Waals surface area contributed by atoms with Crippen LogP contribution in [0.5, 0.6) is 0 Å². The van der Waals surface area contributed by atoms with Gasteiger partial charge in [0, 0.05) is 19.1 Å². The van der Waals surface area contributed by atoms with Gasteiger partial charge >= 0.3 is 0 Å². The van der Waals surface area contributed by atoms with Crippen molar-refractivity contribution >= 4 is 5.71 Å². The Morgan fingerprint density at radius 1 is 1.46 bits per heavy atom. The summed E-state index contributed by atoms with van der Waals surface area (Å²) in [5.74, 6) is 0. The molecule has 0 heterocycles. The summed E-state index contributed by atoms with van der Waals surface area (Å²) in [5, 5.41) is 12.0. The summed E-state index contributed by atoms with van der Waals surface area (Å²) >= 11 is 0. The fraction of sp³-hybridized carbons (Fsp3) is 0.300. The molecule has 1 aliphatic carbocycles. The van der Waals surface area contributed by atoms with Crippen molar-refractivity contribution in [3.63, 3.8) is 0 Å². The van der Waals surface area contributed by atoms with Gasteiger partial charge in [-0.15, -0.1) is 0 Å². The minimum absolute atomic E-state index is 0.0436. The van der Waals surface area contributed by atoms with E-state index in [2.05, 4.69) is 5.16 Å². The van der Waals surface area contributed by atoms with Crippen LogP contribution in [0.3, 0.4) is 0 Å². The van der Waals surface area contributed by atoms with Crippen molar-refractivity contribution < 1.29 is 9.94 Å². The van der Waals surface area contributed by atoms with Crippen molar-refractivity contribution in [3.8, 4) is 0 Å². The van der Waals surface area contributed by atoms with Gasteiger partial charge in [0.25, 0.3) is 0 Å². The summed E-state index contributed by atoms with van der Waals surface area (Å²) in [6.07, 6.45) is 0.703. The summed E-state index contributed by atoms with van der Waals surface area (Å²) in [4.78, 5) is 0. The van der Waals surface area contributed by atoms with Crippen molar-refractivity contribution in [3.05, 3.63) is 35.4 Å². The van der Waals surface area contributed by atoms with Crippen LogP contribution in [0.25, 0.3) is 0 Å². The molecule has 0 spiro atoms. The van der Waals surface area contributed by atoms with Crippen molar-refractivity contribution in [1.82, 2.24) is 0 Å². The predicted octanol–water partition coefficient (Wildman–Crippen LogP) is 1.96. The van der Waals surface area contributed by atoms with Crippen molar-refractivity contribution in [2.24, 2.45) is 5.16 Å². The fourth-order valence-corrected chi connectivity index (χ4v) is 1.74. The van der Waals surface area contributed by atoms with Gasteiger partial charge in [0.05, 0.1) is 11.8 Å². The van der Waals surface area contributed by atoms with Gasteiger partial charge in [-0.25, -0.2) is 0 Å². The molecule has 1 aliphatic rings. The molecule has 1 atom stereocenters. The molecule has 2 rings (SSSR count). The molecule has 0 bridgehead atoms. The molecule has 0 aliphatic heterocycles. The standard InChI is InChI=1S/C10H11NO2/c1-13-10-6-9(11-12)7-4-2-3-5-8(7)10/h2-5,10,12H,6H2,1H3. The fourth-order valence-electron chi connectivity index (χ4n) is 1.74. The van der Waals surface area contributed by atoms with E-state index in [1.807, 2.05) is 24.3 Å². The minimum Gasteiger partial charge on any atom is -0.411 e. The van der Waals surface area contributed by atoms with Crippen LogP contribution in [-0.2, 0) is 4.74 Å². The number of benzene rings is 1. The number of oxime groups is 1. The van der Waals surface area contributed by atoms with Gasteiger partial charge in [0.15, 0.2) is 0 Å². The number of hydrogen-bond donors (Lipinski definition) is 1. The van der Waals surface area contributed by atoms with E-state index in [-0.39, 0.29) is 6.10 Å². The quantitative estimate of drug-likeness (QED) is 0.526. The topological polar surface area (TPSA) is 41.8 Å². The average molecular weight is 177 g/mol. The average Bonchev–Trinajstić information content (AvgIpc) is 2.56. The van der Waals surface area contributed by atoms with Gasteiger partial charge in [0.1, 0.15) is 0 Å². The first kappa shape index (κ1) is 8.26. The summed E-state index contributed by atoms with van der Waals surface area (Å²) in [6, 6.07) is 7.85. The smallest absolute Gasteiger partial charge is 0.0900 e. The van der Waals surface area contributed by atoms with Crippen LogP contribution >= 0.6 is 0 Å². The molecular weight excluding hydrogens is 166 g/mol. The summed E-state index contributed by atoms with van der Waals surface area (Å²) < 4.78 is 5.28. The van der Waals surface area contributed by atoms with E-state index < -0.39 is 0 Å². The number of methoxy groups -OCH3 is 1. The zero-order chi connectivity index (χ0) is 9.26. The molecule has 0 fully saturated rings. The first-order valence-corrected chi connectivity index (χ1v) is 4.20. The molecule has 1 aromatic carbocycles. The van der Waals surface area contributed by atoms with Crippen molar-refractivity contribution in [2.75, 3.05) is 7.11 Å². The van der Waals surface area contributed by atoms with Gasteiger partial charge in [-0.1, -0.05) is 29.4 Å². The third kappa shape index (κ3) is 1.21. The zero-order valence-electron chi connectivity index (χ0n) is 7.40. The van der Waals surface area contributed by atoms with Crippen LogP contribution in [0.2, 0.25) is 0 Å². The first-order valence-electron chi connectivity index (χ1n) is 4.20. The van der Waals surface area contributed by atoms with Crippen molar-refractivity contribution in [1.29, 1.82) is 0 Å². The molecule has 0 radical (unpaired) electrons. The van der Waals surface area contributed by atoms with E-state index in [9.17, 15) is 0 Å². The lowest BCUT2D eigenvalue weighted by molar-refractivity contribution is 0.113. The molecule has 0 saturated carbocycles. The Kier molecular flexibility index (Phi) is 2.02. The second kappa shape index (κ2) is 3.18. The number of fused-ring (bicyclic) bond motifs is 1. The SMILES string of the molecule is COC1CC(=NO)c2ccccc21. The lowest BCUT2D eigenvalue weighted by atomic mass is 10.1. The minimum atomic E-state index is 0.0436. The van der Waals surface area contributed by atoms with Crippen LogP contribution in [0, 0.1) is 0 Å². The molecule has 3 heteroatoms. The highest BCUT2D eigenvalue weighted by molar-refractivity contribution is 6.04. The third-order valence-corrected chi connectivity index (χ3v) is 2.40. The Morgan fingerprint density at radius 3 is 2.92 bits per heavy atom. The highest BCUT2D eigenvalue weighted by atomic mass is 16.5. The summed E-state index contributed by atoms with van der Waals surface area (Å²) in [7, 11) is 1.67. The van der Waals surface area contributed by atoms with Gasteiger partial charge in [-0.3, -0.25) is 0 Å². The van der Waals surface area contributed by atoms with Gasteiger partial charge < -0.3 is 9.94 Å². The Bertz CT molecular complexity index is 347. The Labute approximate surface area is 76.6 Å². The van der Waals surface area contributed by atoms with Crippen LogP contribution in [0.1, 0.15) is 23.7 Å². The van der Waals surface area contributed by atoms with E-state index >= 15 is 0 Å². The Morgan fingerprint density at radius 2 is 2.23 bits per heavy atom. The van der Waals surface area contributed by atoms with E-state index in [0.29, 0.717) is 12.1 Å². The molecule has 1 unspecified atom stereocenters. The van der Waals surface area contributed by atoms with E-state index in [1.54, 1.807) is 7.11 Å². The molecule has 68 valence electrons. The molecule has 1 N–H and O–H groups in total. The second-order valence-electron chi connectivity index (χ2n) is 3.06. The lowest BCUT2D eigenvalue weighted by Gasteiger charge is -2.06. The maximum absolute atomic E-state index is 8.76. The van der Waals surface area contributed by atoms with Crippen LogP contribution in [-0.4, -0.2) is 18.0 Å². The molecule has 0 aromatic heterocycles. The van der Waals surface area contributed by atoms with Crippen LogP contribution < -0.4 is 0 Å². The summed E-state index contributed by atoms with van der Waals surface area (Å²) in [5.41, 5.74) is 2.82. The number of hydrogen-bond acceptors (Lipinski definition) is 3. The van der Waals surface area contributed by atoms with E-state index in [1.165, 1.54) is 0 Å². The molecular formula is C10H11NO2. The van der Waals surface area contributed by atoms with Crippen molar-refractivity contribution in [2.45, 2.75) is 12.5 Å². The number of ether oxygens (including phenoxy) is 1. The molecule has 13 heavy (non-hydrogen) atoms. The van der Waals surface area contributed by atoms with E-state index in [4.69, 9.17) is 9.94 Å². The Hall–Kier alpha value is -1.35. The number of rotatable bonds is 1. The number of nitrogens with zero attached hydrogens (tertiary/aromatic N) is 1. The molecule has 0 saturated heterocycles. The zero-order valence-corrected chi connectivity index (χ0v) is 7.40. The highest BCUT2D eigenvalue weighted by Crippen LogP contribution is 2.33. The molecule has 1 aromatic rings. The first-order chi connectivity index (χ1) is 6.36. The molecule has 0 amide bonds. The van der Waals surface area contributed by atoms with Gasteiger partial charge in [-0.05, 0) is 5.56 Å². The van der Waals surface area contributed by atoms with Crippen LogP contribution in [0.4, 0.5) is 0 Å². The Balaban J connectivity index is 2.50. The van der Waals surface area contributed by atoms with Gasteiger partial charge in [0.2, 0.25) is 0 Å². The third-order valence-electron chi connectivity index (χ3n) is 2.40. The highest BCUT2D eigenvalue weighted by Gasteiger charge is 2.27. The maximum Gasteiger partial charge on any atom is 0.0900 e. The summed E-state index contributed by atoms with van der Waals surface area (Å²) in [6.45, 7) is 0. The maximum atomic E-state index is 8.76. The largest absolute Gasteiger partial charge is 0.411 e. The predicted molar refractivity (Wildman–Crippen MR) is 49.1 cm³/mol. The normalized spacial score (nSPS) is 23.5. The monoisotopic (exact) mass is 177 g/mol.